The molecule has 2 amide bonds. The minimum absolute atomic E-state index is 0.0995. The van der Waals surface area contributed by atoms with Crippen LogP contribution in [0.15, 0.2) is 59.7 Å². The lowest BCUT2D eigenvalue weighted by Crippen LogP contribution is -2.17. The van der Waals surface area contributed by atoms with E-state index in [9.17, 15) is 14.0 Å². The fraction of sp³-hybridized carbons (Fsp3) is 0.233. The number of aryl methyl sites for hydroxylation is 3. The predicted molar refractivity (Wildman–Crippen MR) is 150 cm³/mol. The largest absolute Gasteiger partial charge is 0.322 e. The van der Waals surface area contributed by atoms with Crippen LogP contribution in [0.25, 0.3) is 5.00 Å². The van der Waals surface area contributed by atoms with Gasteiger partial charge in [-0.3, -0.25) is 9.59 Å². The molecule has 2 N–H and O–H groups in total. The van der Waals surface area contributed by atoms with Crippen molar-refractivity contribution in [2.24, 2.45) is 5.10 Å². The van der Waals surface area contributed by atoms with Crippen LogP contribution >= 0.6 is 11.3 Å². The summed E-state index contributed by atoms with van der Waals surface area (Å²) < 4.78 is 15.2. The molecule has 6 nitrogen and oxygen atoms in total. The van der Waals surface area contributed by atoms with E-state index in [-0.39, 0.29) is 5.91 Å². The lowest BCUT2D eigenvalue weighted by molar-refractivity contribution is 0.0954. The van der Waals surface area contributed by atoms with Crippen molar-refractivity contribution in [2.45, 2.75) is 46.5 Å². The molecule has 0 spiro atoms. The van der Waals surface area contributed by atoms with Crippen molar-refractivity contribution < 1.29 is 14.0 Å². The molecule has 8 heteroatoms. The molecule has 2 aromatic carbocycles. The van der Waals surface area contributed by atoms with Crippen LogP contribution in [0, 0.1) is 26.6 Å². The van der Waals surface area contributed by atoms with E-state index in [2.05, 4.69) is 20.4 Å². The van der Waals surface area contributed by atoms with Gasteiger partial charge in [0.1, 0.15) is 10.8 Å². The monoisotopic (exact) mass is 528 g/mol. The van der Waals surface area contributed by atoms with Crippen molar-refractivity contribution in [2.75, 3.05) is 5.32 Å². The first-order chi connectivity index (χ1) is 18.3. The molecule has 1 aliphatic rings. The lowest BCUT2D eigenvalue weighted by Gasteiger charge is -2.14. The van der Waals surface area contributed by atoms with E-state index in [1.165, 1.54) is 29.1 Å². The smallest absolute Gasteiger partial charge is 0.271 e. The summed E-state index contributed by atoms with van der Waals surface area (Å²) in [5, 5.41) is 8.14. The Morgan fingerprint density at radius 3 is 2.42 bits per heavy atom. The first kappa shape index (κ1) is 25.6. The van der Waals surface area contributed by atoms with Gasteiger partial charge in [-0.2, -0.15) is 5.10 Å². The Bertz CT molecular complexity index is 1530. The summed E-state index contributed by atoms with van der Waals surface area (Å²) in [6.07, 6.45) is 5.67. The number of nitrogens with zero attached hydrogens (tertiary/aromatic N) is 2. The lowest BCUT2D eigenvalue weighted by atomic mass is 9.95. The van der Waals surface area contributed by atoms with Gasteiger partial charge < -0.3 is 9.88 Å². The van der Waals surface area contributed by atoms with Crippen LogP contribution in [0.5, 0.6) is 0 Å². The molecule has 0 atom stereocenters. The summed E-state index contributed by atoms with van der Waals surface area (Å²) in [6, 6.07) is 15.1. The maximum atomic E-state index is 13.6. The van der Waals surface area contributed by atoms with Crippen LogP contribution < -0.4 is 10.7 Å². The number of hydrogen-bond donors (Lipinski definition) is 2. The third-order valence-corrected chi connectivity index (χ3v) is 8.12. The van der Waals surface area contributed by atoms with Crippen molar-refractivity contribution in [1.29, 1.82) is 0 Å². The van der Waals surface area contributed by atoms with Gasteiger partial charge in [0.15, 0.2) is 0 Å². The fourth-order valence-electron chi connectivity index (χ4n) is 4.83. The van der Waals surface area contributed by atoms with E-state index >= 15 is 0 Å². The molecule has 2 aromatic heterocycles. The van der Waals surface area contributed by atoms with E-state index in [1.54, 1.807) is 17.6 Å². The van der Waals surface area contributed by atoms with Gasteiger partial charge in [0.05, 0.1) is 11.8 Å². The normalized spacial score (nSPS) is 12.9. The number of carbonyl (C=O) groups is 2. The molecule has 0 saturated carbocycles. The highest BCUT2D eigenvalue weighted by Crippen LogP contribution is 2.39. The molecule has 0 saturated heterocycles. The van der Waals surface area contributed by atoms with Crippen LogP contribution in [0.1, 0.15) is 66.5 Å². The molecule has 0 aliphatic heterocycles. The maximum absolute atomic E-state index is 13.6. The van der Waals surface area contributed by atoms with Crippen LogP contribution in [0.3, 0.4) is 0 Å². The van der Waals surface area contributed by atoms with E-state index in [1.807, 2.05) is 51.1 Å². The second-order valence-corrected chi connectivity index (χ2v) is 10.7. The summed E-state index contributed by atoms with van der Waals surface area (Å²) in [4.78, 5) is 27.2. The van der Waals surface area contributed by atoms with Gasteiger partial charge in [-0.1, -0.05) is 17.7 Å². The number of amides is 2. The molecule has 194 valence electrons. The molecule has 0 unspecified atom stereocenters. The summed E-state index contributed by atoms with van der Waals surface area (Å²) in [7, 11) is 0. The Kier molecular flexibility index (Phi) is 7.24. The third-order valence-electron chi connectivity index (χ3n) is 6.84. The number of thiophene rings is 1. The number of hydrazone groups is 1. The second kappa shape index (κ2) is 10.8. The van der Waals surface area contributed by atoms with Crippen LogP contribution in [-0.4, -0.2) is 22.6 Å². The highest BCUT2D eigenvalue weighted by Gasteiger charge is 2.28. The molecular weight excluding hydrogens is 499 g/mol. The van der Waals surface area contributed by atoms with E-state index in [0.717, 1.165) is 70.0 Å². The standard InChI is InChI=1S/C30H29FN4O2S/c1-18-8-14-24(15-9-18)33-29(37)27-25-6-4-5-7-26(25)38-30(27)35-19(2)16-22(20(35)3)17-32-34-28(36)21-10-12-23(31)13-11-21/h8-17H,4-7H2,1-3H3,(H,33,37)(H,34,36)/b32-17-. The zero-order chi connectivity index (χ0) is 26.8. The molecule has 2 heterocycles. The first-order valence-corrected chi connectivity index (χ1v) is 13.4. The van der Waals surface area contributed by atoms with Crippen molar-refractivity contribution in [3.8, 4) is 5.00 Å². The zero-order valence-corrected chi connectivity index (χ0v) is 22.4. The van der Waals surface area contributed by atoms with Gasteiger partial charge >= 0.3 is 0 Å². The Labute approximate surface area is 225 Å². The Balaban J connectivity index is 1.45. The molecular formula is C30H29FN4O2S. The molecule has 5 rings (SSSR count). The zero-order valence-electron chi connectivity index (χ0n) is 21.6. The minimum Gasteiger partial charge on any atom is -0.322 e. The number of nitrogens with one attached hydrogen (secondary N) is 2. The Morgan fingerprint density at radius 2 is 1.68 bits per heavy atom. The van der Waals surface area contributed by atoms with Gasteiger partial charge in [0.25, 0.3) is 11.8 Å². The highest BCUT2D eigenvalue weighted by atomic mass is 32.1. The SMILES string of the molecule is Cc1ccc(NC(=O)c2c(-n3c(C)cc(/C=N\NC(=O)c4ccc(F)cc4)c3C)sc3c2CCCC3)cc1. The third kappa shape index (κ3) is 5.17. The van der Waals surface area contributed by atoms with Crippen molar-refractivity contribution in [3.63, 3.8) is 0 Å². The molecule has 0 radical (unpaired) electrons. The van der Waals surface area contributed by atoms with Crippen LogP contribution in [0.4, 0.5) is 10.1 Å². The Morgan fingerprint density at radius 1 is 0.974 bits per heavy atom. The minimum atomic E-state index is -0.420. The number of rotatable bonds is 6. The maximum Gasteiger partial charge on any atom is 0.271 e. The molecule has 0 bridgehead atoms. The van der Waals surface area contributed by atoms with Gasteiger partial charge in [0.2, 0.25) is 0 Å². The topological polar surface area (TPSA) is 75.5 Å². The van der Waals surface area contributed by atoms with Crippen molar-refractivity contribution in [1.82, 2.24) is 9.99 Å². The van der Waals surface area contributed by atoms with Crippen LogP contribution in [0.2, 0.25) is 0 Å². The second-order valence-electron chi connectivity index (χ2n) is 9.58. The first-order valence-electron chi connectivity index (χ1n) is 12.6. The number of benzene rings is 2. The Hall–Kier alpha value is -4.04. The summed E-state index contributed by atoms with van der Waals surface area (Å²) in [6.45, 7) is 6.00. The average molecular weight is 529 g/mol. The molecule has 4 aromatic rings. The number of hydrogen-bond acceptors (Lipinski definition) is 4. The number of aromatic nitrogens is 1. The fourth-order valence-corrected chi connectivity index (χ4v) is 6.33. The van der Waals surface area contributed by atoms with Gasteiger partial charge in [-0.25, -0.2) is 9.82 Å². The number of carbonyl (C=O) groups excluding carboxylic acids is 2. The quantitative estimate of drug-likeness (QED) is 0.221. The molecule has 0 fully saturated rings. The highest BCUT2D eigenvalue weighted by molar-refractivity contribution is 7.15. The van der Waals surface area contributed by atoms with Gasteiger partial charge in [0, 0.05) is 33.1 Å². The van der Waals surface area contributed by atoms with Crippen molar-refractivity contribution >= 4 is 35.1 Å². The molecule has 1 aliphatic carbocycles. The van der Waals surface area contributed by atoms with E-state index < -0.39 is 11.7 Å². The van der Waals surface area contributed by atoms with Gasteiger partial charge in [-0.05, 0) is 94.5 Å². The van der Waals surface area contributed by atoms with Gasteiger partial charge in [-0.15, -0.1) is 11.3 Å². The number of fused-ring (bicyclic) bond motifs is 1. The molecule has 38 heavy (non-hydrogen) atoms. The average Bonchev–Trinajstić information content (AvgIpc) is 3.41. The predicted octanol–water partition coefficient (Wildman–Crippen LogP) is 6.50. The summed E-state index contributed by atoms with van der Waals surface area (Å²) >= 11 is 1.68. The summed E-state index contributed by atoms with van der Waals surface area (Å²) in [5.74, 6) is -0.923. The number of halogens is 1. The van der Waals surface area contributed by atoms with E-state index in [4.69, 9.17) is 0 Å². The number of anilines is 1. The summed E-state index contributed by atoms with van der Waals surface area (Å²) in [5.41, 5.74) is 9.34. The van der Waals surface area contributed by atoms with Crippen molar-refractivity contribution in [3.05, 3.63) is 104 Å². The van der Waals surface area contributed by atoms with E-state index in [0.29, 0.717) is 5.56 Å². The van der Waals surface area contributed by atoms with Crippen LogP contribution in [-0.2, 0) is 12.8 Å².